The van der Waals surface area contributed by atoms with E-state index in [0.717, 1.165) is 10.2 Å². The second-order valence-corrected chi connectivity index (χ2v) is 5.00. The third-order valence-electron chi connectivity index (χ3n) is 2.53. The summed E-state index contributed by atoms with van der Waals surface area (Å²) in [6.07, 6.45) is 4.70. The van der Waals surface area contributed by atoms with Crippen molar-refractivity contribution < 1.29 is 4.79 Å². The summed E-state index contributed by atoms with van der Waals surface area (Å²) < 4.78 is 2.44. The van der Waals surface area contributed by atoms with E-state index >= 15 is 0 Å². The monoisotopic (exact) mass is 332 g/mol. The summed E-state index contributed by atoms with van der Waals surface area (Å²) in [5, 5.41) is 6.74. The fourth-order valence-electron chi connectivity index (χ4n) is 1.59. The molecule has 3 aromatic rings. The number of fused-ring (bicyclic) bond motifs is 1. The molecule has 0 aliphatic rings. The molecule has 0 atom stereocenters. The van der Waals surface area contributed by atoms with Gasteiger partial charge in [0.05, 0.1) is 11.9 Å². The number of carbonyl (C=O) groups excluding carboxylic acids is 1. The van der Waals surface area contributed by atoms with Gasteiger partial charge >= 0.3 is 0 Å². The Morgan fingerprint density at radius 3 is 2.90 bits per heavy atom. The molecule has 3 heterocycles. The van der Waals surface area contributed by atoms with E-state index < -0.39 is 5.91 Å². The first-order chi connectivity index (χ1) is 9.61. The second-order valence-electron chi connectivity index (χ2n) is 4.08. The van der Waals surface area contributed by atoms with Crippen molar-refractivity contribution in [3.63, 3.8) is 0 Å². The number of nitrogens with zero attached hydrogens (tertiary/aromatic N) is 5. The van der Waals surface area contributed by atoms with Crippen LogP contribution in [-0.2, 0) is 0 Å². The Morgan fingerprint density at radius 2 is 2.15 bits per heavy atom. The van der Waals surface area contributed by atoms with Gasteiger partial charge in [-0.25, -0.2) is 9.50 Å². The van der Waals surface area contributed by atoms with Gasteiger partial charge in [0, 0.05) is 16.9 Å². The minimum atomic E-state index is -0.396. The highest BCUT2D eigenvalue weighted by Gasteiger charge is 2.11. The lowest BCUT2D eigenvalue weighted by Crippen LogP contribution is -2.15. The third kappa shape index (κ3) is 2.50. The molecule has 20 heavy (non-hydrogen) atoms. The SMILES string of the molecule is Cc1cnc(C(=O)Nc2nc3ccc(Br)cn3n2)cn1. The summed E-state index contributed by atoms with van der Waals surface area (Å²) in [6, 6.07) is 3.64. The second kappa shape index (κ2) is 4.97. The Hall–Kier alpha value is -2.35. The molecule has 7 nitrogen and oxygen atoms in total. The lowest BCUT2D eigenvalue weighted by Gasteiger charge is -1.99. The van der Waals surface area contributed by atoms with Crippen molar-refractivity contribution in [3.8, 4) is 0 Å². The molecular weight excluding hydrogens is 324 g/mol. The topological polar surface area (TPSA) is 85.1 Å². The first-order valence-electron chi connectivity index (χ1n) is 5.74. The minimum absolute atomic E-state index is 0.218. The van der Waals surface area contributed by atoms with Gasteiger partial charge in [0.25, 0.3) is 5.91 Å². The first kappa shape index (κ1) is 12.7. The molecule has 0 aromatic carbocycles. The molecule has 0 aliphatic carbocycles. The van der Waals surface area contributed by atoms with Gasteiger partial charge in [0.2, 0.25) is 5.95 Å². The zero-order valence-corrected chi connectivity index (χ0v) is 12.0. The summed E-state index contributed by atoms with van der Waals surface area (Å²) in [6.45, 7) is 1.80. The smallest absolute Gasteiger partial charge is 0.278 e. The summed E-state index contributed by atoms with van der Waals surface area (Å²) in [7, 11) is 0. The maximum atomic E-state index is 12.0. The van der Waals surface area contributed by atoms with Crippen LogP contribution in [0.5, 0.6) is 0 Å². The van der Waals surface area contributed by atoms with Crippen molar-refractivity contribution in [2.75, 3.05) is 5.32 Å². The van der Waals surface area contributed by atoms with Gasteiger partial charge in [-0.3, -0.25) is 15.1 Å². The Labute approximate surface area is 122 Å². The fourth-order valence-corrected chi connectivity index (χ4v) is 1.91. The highest BCUT2D eigenvalue weighted by Crippen LogP contribution is 2.12. The van der Waals surface area contributed by atoms with Crippen LogP contribution in [0.15, 0.2) is 35.2 Å². The van der Waals surface area contributed by atoms with Crippen molar-refractivity contribution in [1.82, 2.24) is 24.6 Å². The van der Waals surface area contributed by atoms with Gasteiger partial charge in [-0.05, 0) is 35.0 Å². The maximum absolute atomic E-state index is 12.0. The van der Waals surface area contributed by atoms with Crippen molar-refractivity contribution in [3.05, 3.63) is 46.6 Å². The van der Waals surface area contributed by atoms with E-state index in [4.69, 9.17) is 0 Å². The number of anilines is 1. The Balaban J connectivity index is 1.85. The van der Waals surface area contributed by atoms with Crippen LogP contribution < -0.4 is 5.32 Å². The Kier molecular flexibility index (Phi) is 3.15. The summed E-state index contributed by atoms with van der Waals surface area (Å²) in [4.78, 5) is 24.2. The minimum Gasteiger partial charge on any atom is -0.288 e. The molecule has 100 valence electrons. The molecule has 0 unspecified atom stereocenters. The largest absolute Gasteiger partial charge is 0.288 e. The van der Waals surface area contributed by atoms with Crippen LogP contribution in [0.3, 0.4) is 0 Å². The molecule has 0 saturated heterocycles. The van der Waals surface area contributed by atoms with Gasteiger partial charge in [-0.1, -0.05) is 0 Å². The predicted molar refractivity (Wildman–Crippen MR) is 75.4 cm³/mol. The molecule has 1 N–H and O–H groups in total. The van der Waals surface area contributed by atoms with Crippen LogP contribution in [0.4, 0.5) is 5.95 Å². The number of amides is 1. The standard InChI is InChI=1S/C12H9BrN6O/c1-7-4-15-9(5-14-7)11(20)17-12-16-10-3-2-8(13)6-19(10)18-12/h2-6H,1H3,(H,17,18,20). The van der Waals surface area contributed by atoms with Crippen molar-refractivity contribution in [2.24, 2.45) is 0 Å². The lowest BCUT2D eigenvalue weighted by molar-refractivity contribution is 0.102. The molecule has 0 fully saturated rings. The molecule has 0 spiro atoms. The summed E-state index contributed by atoms with van der Waals surface area (Å²) in [5.41, 5.74) is 1.60. The predicted octanol–water partition coefficient (Wildman–Crippen LogP) is 1.84. The van der Waals surface area contributed by atoms with Crippen LogP contribution in [0.25, 0.3) is 5.65 Å². The van der Waals surface area contributed by atoms with E-state index in [2.05, 4.69) is 41.3 Å². The van der Waals surface area contributed by atoms with Crippen molar-refractivity contribution in [2.45, 2.75) is 6.92 Å². The molecule has 3 rings (SSSR count). The molecule has 0 bridgehead atoms. The van der Waals surface area contributed by atoms with Crippen molar-refractivity contribution >= 4 is 33.4 Å². The molecule has 3 aromatic heterocycles. The zero-order valence-electron chi connectivity index (χ0n) is 10.4. The van der Waals surface area contributed by atoms with E-state index in [1.807, 2.05) is 6.07 Å². The number of aryl methyl sites for hydroxylation is 1. The number of halogens is 1. The molecule has 0 saturated carbocycles. The van der Waals surface area contributed by atoms with Crippen LogP contribution in [0, 0.1) is 6.92 Å². The number of carbonyl (C=O) groups is 1. The highest BCUT2D eigenvalue weighted by atomic mass is 79.9. The summed E-state index contributed by atoms with van der Waals surface area (Å²) >= 11 is 3.34. The van der Waals surface area contributed by atoms with Crippen LogP contribution >= 0.6 is 15.9 Å². The van der Waals surface area contributed by atoms with Crippen LogP contribution in [-0.4, -0.2) is 30.5 Å². The Bertz CT molecular complexity index is 782. The highest BCUT2D eigenvalue weighted by molar-refractivity contribution is 9.10. The van der Waals surface area contributed by atoms with Crippen LogP contribution in [0.2, 0.25) is 0 Å². The Morgan fingerprint density at radius 1 is 1.30 bits per heavy atom. The van der Waals surface area contributed by atoms with E-state index in [-0.39, 0.29) is 11.6 Å². The molecular formula is C12H9BrN6O. The van der Waals surface area contributed by atoms with Gasteiger partial charge in [-0.2, -0.15) is 4.98 Å². The molecule has 1 amide bonds. The number of hydrogen-bond donors (Lipinski definition) is 1. The van der Waals surface area contributed by atoms with Crippen molar-refractivity contribution in [1.29, 1.82) is 0 Å². The zero-order chi connectivity index (χ0) is 14.1. The normalized spacial score (nSPS) is 10.7. The van der Waals surface area contributed by atoms with E-state index in [1.54, 1.807) is 23.7 Å². The average Bonchev–Trinajstić information content (AvgIpc) is 2.80. The lowest BCUT2D eigenvalue weighted by atomic mass is 10.4. The van der Waals surface area contributed by atoms with Crippen LogP contribution in [0.1, 0.15) is 16.2 Å². The molecule has 8 heteroatoms. The third-order valence-corrected chi connectivity index (χ3v) is 3.00. The first-order valence-corrected chi connectivity index (χ1v) is 6.53. The fraction of sp³-hybridized carbons (Fsp3) is 0.0833. The summed E-state index contributed by atoms with van der Waals surface area (Å²) in [5.74, 6) is -0.178. The van der Waals surface area contributed by atoms with E-state index in [1.165, 1.54) is 12.4 Å². The molecule has 0 radical (unpaired) electrons. The average molecular weight is 333 g/mol. The van der Waals surface area contributed by atoms with E-state index in [0.29, 0.717) is 5.65 Å². The maximum Gasteiger partial charge on any atom is 0.278 e. The molecule has 0 aliphatic heterocycles. The van der Waals surface area contributed by atoms with Gasteiger partial charge in [0.15, 0.2) is 5.65 Å². The number of nitrogens with one attached hydrogen (secondary N) is 1. The van der Waals surface area contributed by atoms with Gasteiger partial charge in [0.1, 0.15) is 5.69 Å². The number of hydrogen-bond acceptors (Lipinski definition) is 5. The van der Waals surface area contributed by atoms with Gasteiger partial charge < -0.3 is 0 Å². The number of aromatic nitrogens is 5. The van der Waals surface area contributed by atoms with Gasteiger partial charge in [-0.15, -0.1) is 5.10 Å². The van der Waals surface area contributed by atoms with E-state index in [9.17, 15) is 4.79 Å². The quantitative estimate of drug-likeness (QED) is 0.773. The number of rotatable bonds is 2. The number of pyridine rings is 1.